The molecule has 6 nitrogen and oxygen atoms in total. The van der Waals surface area contributed by atoms with E-state index in [0.29, 0.717) is 16.7 Å². The maximum Gasteiger partial charge on any atom is 0.235 e. The van der Waals surface area contributed by atoms with E-state index in [9.17, 15) is 4.79 Å². The van der Waals surface area contributed by atoms with Gasteiger partial charge in [-0.25, -0.2) is 0 Å². The van der Waals surface area contributed by atoms with Crippen LogP contribution in [-0.4, -0.2) is 43.3 Å². The molecule has 0 unspecified atom stereocenters. The van der Waals surface area contributed by atoms with Crippen molar-refractivity contribution in [1.82, 2.24) is 25.1 Å². The predicted molar refractivity (Wildman–Crippen MR) is 102 cm³/mol. The van der Waals surface area contributed by atoms with Gasteiger partial charge in [0.25, 0.3) is 0 Å². The first-order valence-corrected chi connectivity index (χ1v) is 9.30. The number of carbonyl (C=O) groups is 1. The van der Waals surface area contributed by atoms with Gasteiger partial charge in [-0.2, -0.15) is 4.68 Å². The fraction of sp³-hybridized carbons (Fsp3) is 0.222. The topological polar surface area (TPSA) is 63.9 Å². The lowest BCUT2D eigenvalue weighted by Crippen LogP contribution is -2.32. The van der Waals surface area contributed by atoms with Crippen LogP contribution < -0.4 is 0 Å². The number of amides is 1. The van der Waals surface area contributed by atoms with Gasteiger partial charge >= 0.3 is 0 Å². The minimum absolute atomic E-state index is 0.0181. The molecular weight excluding hydrogens is 370 g/mol. The van der Waals surface area contributed by atoms with Gasteiger partial charge in [0.2, 0.25) is 11.1 Å². The van der Waals surface area contributed by atoms with E-state index in [1.807, 2.05) is 49.4 Å². The number of hydrogen-bond donors (Lipinski definition) is 0. The third-order valence-electron chi connectivity index (χ3n) is 3.78. The zero-order chi connectivity index (χ0) is 18.5. The van der Waals surface area contributed by atoms with Crippen molar-refractivity contribution in [3.8, 4) is 5.69 Å². The van der Waals surface area contributed by atoms with Crippen LogP contribution in [0.2, 0.25) is 5.02 Å². The monoisotopic (exact) mass is 387 g/mol. The van der Waals surface area contributed by atoms with E-state index in [0.717, 1.165) is 11.3 Å². The molecule has 1 atom stereocenters. The number of tetrazole rings is 1. The summed E-state index contributed by atoms with van der Waals surface area (Å²) in [6.07, 6.45) is 0. The minimum Gasteiger partial charge on any atom is -0.340 e. The first-order chi connectivity index (χ1) is 12.5. The molecule has 1 amide bonds. The molecule has 3 aromatic rings. The third kappa shape index (κ3) is 4.42. The second-order valence-corrected chi connectivity index (χ2v) is 7.53. The van der Waals surface area contributed by atoms with Gasteiger partial charge in [-0.05, 0) is 47.2 Å². The second-order valence-electron chi connectivity index (χ2n) is 5.79. The maximum atomic E-state index is 12.7. The number of aromatic nitrogens is 4. The first-order valence-electron chi connectivity index (χ1n) is 8.04. The maximum absolute atomic E-state index is 12.7. The number of nitrogens with zero attached hydrogens (tertiary/aromatic N) is 5. The molecule has 0 fully saturated rings. The smallest absolute Gasteiger partial charge is 0.235 e. The Morgan fingerprint density at radius 1 is 1.19 bits per heavy atom. The minimum atomic E-state index is -0.319. The molecule has 0 aliphatic rings. The van der Waals surface area contributed by atoms with E-state index in [2.05, 4.69) is 15.5 Å². The van der Waals surface area contributed by atoms with Gasteiger partial charge in [-0.15, -0.1) is 5.10 Å². The van der Waals surface area contributed by atoms with Crippen LogP contribution in [-0.2, 0) is 11.3 Å². The molecule has 0 aliphatic carbocycles. The van der Waals surface area contributed by atoms with Crippen molar-refractivity contribution in [3.05, 3.63) is 65.2 Å². The van der Waals surface area contributed by atoms with Gasteiger partial charge in [0.15, 0.2) is 0 Å². The standard InChI is InChI=1S/C18H18ClN5OS/c1-13(17(25)23(2)12-14-6-4-3-5-7-14)26-18-20-21-22-24(18)16-10-8-15(19)9-11-16/h3-11,13H,12H2,1-2H3/t13-/m0/s1. The Morgan fingerprint density at radius 3 is 2.58 bits per heavy atom. The van der Waals surface area contributed by atoms with E-state index >= 15 is 0 Å². The Morgan fingerprint density at radius 2 is 1.88 bits per heavy atom. The van der Waals surface area contributed by atoms with Crippen LogP contribution in [0.3, 0.4) is 0 Å². The van der Waals surface area contributed by atoms with E-state index in [1.165, 1.54) is 11.8 Å². The fourth-order valence-corrected chi connectivity index (χ4v) is 3.50. The van der Waals surface area contributed by atoms with Gasteiger partial charge in [0.1, 0.15) is 0 Å². The van der Waals surface area contributed by atoms with E-state index in [-0.39, 0.29) is 11.2 Å². The molecule has 1 aromatic heterocycles. The van der Waals surface area contributed by atoms with Crippen LogP contribution in [0.15, 0.2) is 59.8 Å². The Balaban J connectivity index is 1.68. The van der Waals surface area contributed by atoms with Gasteiger partial charge in [0, 0.05) is 18.6 Å². The van der Waals surface area contributed by atoms with E-state index < -0.39 is 0 Å². The Labute approximate surface area is 161 Å². The van der Waals surface area contributed by atoms with Gasteiger partial charge in [-0.3, -0.25) is 4.79 Å². The second kappa shape index (κ2) is 8.33. The summed E-state index contributed by atoms with van der Waals surface area (Å²) in [7, 11) is 1.80. The summed E-state index contributed by atoms with van der Waals surface area (Å²) in [6, 6.07) is 17.1. The van der Waals surface area contributed by atoms with Crippen LogP contribution in [0.25, 0.3) is 5.69 Å². The molecule has 2 aromatic carbocycles. The number of halogens is 1. The van der Waals surface area contributed by atoms with Crippen molar-refractivity contribution >= 4 is 29.3 Å². The molecule has 0 radical (unpaired) electrons. The first kappa shape index (κ1) is 18.4. The molecule has 8 heteroatoms. The molecule has 3 rings (SSSR count). The van der Waals surface area contributed by atoms with E-state index in [1.54, 1.807) is 28.8 Å². The SMILES string of the molecule is C[C@H](Sc1nnnn1-c1ccc(Cl)cc1)C(=O)N(C)Cc1ccccc1. The molecule has 0 aliphatic heterocycles. The van der Waals surface area contributed by atoms with Gasteiger partial charge in [-0.1, -0.05) is 53.7 Å². The molecule has 0 spiro atoms. The summed E-state index contributed by atoms with van der Waals surface area (Å²) in [5.74, 6) is 0.0181. The lowest BCUT2D eigenvalue weighted by Gasteiger charge is -2.21. The molecule has 0 saturated carbocycles. The normalized spacial score (nSPS) is 12.0. The zero-order valence-corrected chi connectivity index (χ0v) is 16.0. The predicted octanol–water partition coefficient (Wildman–Crippen LogP) is 3.45. The van der Waals surface area contributed by atoms with Crippen molar-refractivity contribution in [2.45, 2.75) is 23.9 Å². The van der Waals surface area contributed by atoms with Crippen LogP contribution in [0.4, 0.5) is 0 Å². The number of hydrogen-bond acceptors (Lipinski definition) is 5. The quantitative estimate of drug-likeness (QED) is 0.606. The van der Waals surface area contributed by atoms with Crippen molar-refractivity contribution in [2.24, 2.45) is 0 Å². The lowest BCUT2D eigenvalue weighted by molar-refractivity contribution is -0.129. The van der Waals surface area contributed by atoms with Crippen LogP contribution >= 0.6 is 23.4 Å². The molecule has 0 N–H and O–H groups in total. The number of benzene rings is 2. The number of rotatable bonds is 6. The van der Waals surface area contributed by atoms with Crippen molar-refractivity contribution in [3.63, 3.8) is 0 Å². The Kier molecular flexibility index (Phi) is 5.90. The average molecular weight is 388 g/mol. The Bertz CT molecular complexity index is 869. The van der Waals surface area contributed by atoms with Crippen LogP contribution in [0.5, 0.6) is 0 Å². The summed E-state index contributed by atoms with van der Waals surface area (Å²) < 4.78 is 1.60. The van der Waals surface area contributed by atoms with Crippen molar-refractivity contribution < 1.29 is 4.79 Å². The molecule has 26 heavy (non-hydrogen) atoms. The molecule has 134 valence electrons. The van der Waals surface area contributed by atoms with Crippen LogP contribution in [0.1, 0.15) is 12.5 Å². The molecular formula is C18H18ClN5OS. The highest BCUT2D eigenvalue weighted by atomic mass is 35.5. The average Bonchev–Trinajstić information content (AvgIpc) is 3.10. The van der Waals surface area contributed by atoms with Crippen LogP contribution in [0, 0.1) is 0 Å². The van der Waals surface area contributed by atoms with E-state index in [4.69, 9.17) is 11.6 Å². The highest BCUT2D eigenvalue weighted by Crippen LogP contribution is 2.24. The summed E-state index contributed by atoms with van der Waals surface area (Å²) >= 11 is 7.25. The van der Waals surface area contributed by atoms with Crippen molar-refractivity contribution in [1.29, 1.82) is 0 Å². The van der Waals surface area contributed by atoms with Gasteiger partial charge in [0.05, 0.1) is 10.9 Å². The highest BCUT2D eigenvalue weighted by molar-refractivity contribution is 8.00. The molecule has 1 heterocycles. The summed E-state index contributed by atoms with van der Waals surface area (Å²) in [4.78, 5) is 14.4. The summed E-state index contributed by atoms with van der Waals surface area (Å²) in [5.41, 5.74) is 1.88. The van der Waals surface area contributed by atoms with Gasteiger partial charge < -0.3 is 4.90 Å². The Hall–Kier alpha value is -2.38. The lowest BCUT2D eigenvalue weighted by atomic mass is 10.2. The largest absolute Gasteiger partial charge is 0.340 e. The zero-order valence-electron chi connectivity index (χ0n) is 14.4. The number of carbonyl (C=O) groups excluding carboxylic acids is 1. The highest BCUT2D eigenvalue weighted by Gasteiger charge is 2.22. The third-order valence-corrected chi connectivity index (χ3v) is 5.05. The fourth-order valence-electron chi connectivity index (χ4n) is 2.45. The van der Waals surface area contributed by atoms with Crippen molar-refractivity contribution in [2.75, 3.05) is 7.05 Å². The molecule has 0 saturated heterocycles. The summed E-state index contributed by atoms with van der Waals surface area (Å²) in [5, 5.41) is 12.7. The molecule has 0 bridgehead atoms. The number of thioether (sulfide) groups is 1. The summed E-state index contributed by atoms with van der Waals surface area (Å²) in [6.45, 7) is 2.42.